The molecule has 36 heavy (non-hydrogen) atoms. The first kappa shape index (κ1) is 23.5. The van der Waals surface area contributed by atoms with Crippen molar-refractivity contribution in [1.82, 2.24) is 14.9 Å². The molecule has 0 spiro atoms. The molecule has 1 aliphatic rings. The van der Waals surface area contributed by atoms with Crippen molar-refractivity contribution in [3.05, 3.63) is 112 Å². The molecule has 3 heterocycles. The highest BCUT2D eigenvalue weighted by atomic mass is 32.1. The summed E-state index contributed by atoms with van der Waals surface area (Å²) < 4.78 is 7.15. The Labute approximate surface area is 214 Å². The molecule has 1 fully saturated rings. The molecule has 182 valence electrons. The number of ether oxygens (including phenoxy) is 1. The van der Waals surface area contributed by atoms with Crippen LogP contribution in [0.3, 0.4) is 0 Å². The number of nitro groups is 1. The van der Waals surface area contributed by atoms with Gasteiger partial charge in [-0.15, -0.1) is 0 Å². The van der Waals surface area contributed by atoms with E-state index in [1.807, 2.05) is 66.9 Å². The molecule has 2 atom stereocenters. The van der Waals surface area contributed by atoms with Crippen LogP contribution < -0.4 is 15.0 Å². The first-order chi connectivity index (χ1) is 17.4. The van der Waals surface area contributed by atoms with E-state index < -0.39 is 0 Å². The number of aromatic nitrogens is 2. The van der Waals surface area contributed by atoms with Crippen molar-refractivity contribution >= 4 is 28.7 Å². The maximum absolute atomic E-state index is 12.0. The fourth-order valence-electron chi connectivity index (χ4n) is 4.96. The van der Waals surface area contributed by atoms with Crippen LogP contribution in [0.5, 0.6) is 5.75 Å². The van der Waals surface area contributed by atoms with E-state index in [0.717, 1.165) is 28.3 Å². The summed E-state index contributed by atoms with van der Waals surface area (Å²) in [5.74, 6) is 0.434. The highest BCUT2D eigenvalue weighted by Crippen LogP contribution is 2.44. The summed E-state index contributed by atoms with van der Waals surface area (Å²) in [7, 11) is 1.49. The second-order valence-electron chi connectivity index (χ2n) is 8.61. The van der Waals surface area contributed by atoms with E-state index in [9.17, 15) is 10.1 Å². The third kappa shape index (κ3) is 3.97. The lowest BCUT2D eigenvalue weighted by atomic mass is 9.96. The van der Waals surface area contributed by atoms with Gasteiger partial charge >= 0.3 is 0 Å². The van der Waals surface area contributed by atoms with Gasteiger partial charge < -0.3 is 19.5 Å². The lowest BCUT2D eigenvalue weighted by molar-refractivity contribution is -0.384. The smallest absolute Gasteiger partial charge is 0.296 e. The molecular weight excluding hydrogens is 474 g/mol. The molecule has 1 N–H and O–H groups in total. The molecule has 2 aromatic carbocycles. The van der Waals surface area contributed by atoms with E-state index in [1.54, 1.807) is 18.3 Å². The van der Waals surface area contributed by atoms with Gasteiger partial charge in [-0.2, -0.15) is 0 Å². The number of methoxy groups -OCH3 is 1. The van der Waals surface area contributed by atoms with Gasteiger partial charge in [-0.05, 0) is 74.1 Å². The summed E-state index contributed by atoms with van der Waals surface area (Å²) in [5.41, 5.74) is 5.05. The van der Waals surface area contributed by atoms with Gasteiger partial charge in [-0.25, -0.2) is 0 Å². The Hall–Kier alpha value is -4.24. The zero-order valence-corrected chi connectivity index (χ0v) is 20.9. The molecule has 2 aromatic heterocycles. The second-order valence-corrected chi connectivity index (χ2v) is 8.99. The molecule has 1 aliphatic heterocycles. The van der Waals surface area contributed by atoms with Crippen LogP contribution in [0.25, 0.3) is 5.69 Å². The van der Waals surface area contributed by atoms with Crippen LogP contribution in [0.2, 0.25) is 0 Å². The predicted octanol–water partition coefficient (Wildman–Crippen LogP) is 5.58. The summed E-state index contributed by atoms with van der Waals surface area (Å²) in [6.07, 6.45) is 1.77. The normalized spacial score (nSPS) is 17.2. The molecular formula is C27H25N5O3S. The number of anilines is 1. The zero-order valence-electron chi connectivity index (χ0n) is 20.1. The fourth-order valence-corrected chi connectivity index (χ4v) is 5.31. The van der Waals surface area contributed by atoms with E-state index in [4.69, 9.17) is 17.0 Å². The van der Waals surface area contributed by atoms with Crippen molar-refractivity contribution in [2.45, 2.75) is 25.9 Å². The first-order valence-corrected chi connectivity index (χ1v) is 11.9. The Morgan fingerprint density at radius 2 is 1.81 bits per heavy atom. The molecule has 0 saturated carbocycles. The molecule has 0 radical (unpaired) electrons. The Morgan fingerprint density at radius 3 is 2.47 bits per heavy atom. The summed E-state index contributed by atoms with van der Waals surface area (Å²) in [6, 6.07) is 22.4. The maximum atomic E-state index is 12.0. The molecule has 1 saturated heterocycles. The Balaban J connectivity index is 1.70. The molecule has 0 aliphatic carbocycles. The number of nitrogens with one attached hydrogen (secondary N) is 1. The first-order valence-electron chi connectivity index (χ1n) is 11.5. The number of thiocarbonyl (C=S) groups is 1. The number of rotatable bonds is 6. The van der Waals surface area contributed by atoms with E-state index in [-0.39, 0.29) is 22.7 Å². The van der Waals surface area contributed by atoms with Crippen LogP contribution >= 0.6 is 12.2 Å². The summed E-state index contributed by atoms with van der Waals surface area (Å²) in [4.78, 5) is 18.3. The highest BCUT2D eigenvalue weighted by molar-refractivity contribution is 7.80. The molecule has 0 bridgehead atoms. The standard InChI is InChI=1S/C27H25N5O3S/c1-17-15-21(18(2)30(17)23-13-12-20(35-3)16-24(23)32(33)34)26-25(22-11-7-8-14-28-22)29-27(36)31(26)19-9-5-4-6-10-19/h4-16,25-26H,1-3H3,(H,29,36)/t25-,26+/m1/s1. The van der Waals surface area contributed by atoms with Crippen molar-refractivity contribution in [2.24, 2.45) is 0 Å². The van der Waals surface area contributed by atoms with Gasteiger partial charge in [0, 0.05) is 23.3 Å². The van der Waals surface area contributed by atoms with Crippen molar-refractivity contribution < 1.29 is 9.66 Å². The lowest BCUT2D eigenvalue weighted by Gasteiger charge is -2.28. The van der Waals surface area contributed by atoms with Gasteiger partial charge in [0.1, 0.15) is 11.4 Å². The largest absolute Gasteiger partial charge is 0.496 e. The van der Waals surface area contributed by atoms with Crippen LogP contribution in [-0.4, -0.2) is 26.7 Å². The van der Waals surface area contributed by atoms with Gasteiger partial charge in [0.25, 0.3) is 5.69 Å². The Bertz CT molecular complexity index is 1440. The third-order valence-electron chi connectivity index (χ3n) is 6.54. The molecule has 4 aromatic rings. The molecule has 9 heteroatoms. The monoisotopic (exact) mass is 499 g/mol. The Morgan fingerprint density at radius 1 is 1.06 bits per heavy atom. The number of hydrogen-bond donors (Lipinski definition) is 1. The lowest BCUT2D eigenvalue weighted by Crippen LogP contribution is -2.29. The van der Waals surface area contributed by atoms with Crippen molar-refractivity contribution in [1.29, 1.82) is 0 Å². The third-order valence-corrected chi connectivity index (χ3v) is 6.86. The van der Waals surface area contributed by atoms with Gasteiger partial charge in [0.05, 0.1) is 35.9 Å². The van der Waals surface area contributed by atoms with Gasteiger partial charge in [0.2, 0.25) is 0 Å². The van der Waals surface area contributed by atoms with Crippen LogP contribution in [-0.2, 0) is 0 Å². The van der Waals surface area contributed by atoms with Crippen LogP contribution in [0.1, 0.15) is 34.7 Å². The fraction of sp³-hybridized carbons (Fsp3) is 0.185. The van der Waals surface area contributed by atoms with Crippen molar-refractivity contribution in [3.63, 3.8) is 0 Å². The van der Waals surface area contributed by atoms with E-state index in [2.05, 4.69) is 21.3 Å². The molecule has 5 rings (SSSR count). The summed E-state index contributed by atoms with van der Waals surface area (Å²) in [6.45, 7) is 3.93. The SMILES string of the molecule is COc1ccc(-n2c(C)cc([C@H]3[C@@H](c4ccccn4)NC(=S)N3c3ccccc3)c2C)c([N+](=O)[O-])c1. The average molecular weight is 500 g/mol. The number of para-hydroxylation sites is 1. The quantitative estimate of drug-likeness (QED) is 0.210. The van der Waals surface area contributed by atoms with E-state index in [0.29, 0.717) is 16.5 Å². The molecule has 0 amide bonds. The van der Waals surface area contributed by atoms with Crippen LogP contribution in [0.4, 0.5) is 11.4 Å². The second kappa shape index (κ2) is 9.43. The minimum atomic E-state index is -0.379. The van der Waals surface area contributed by atoms with Gasteiger partial charge in [-0.1, -0.05) is 24.3 Å². The summed E-state index contributed by atoms with van der Waals surface area (Å²) in [5, 5.41) is 16.0. The number of pyridine rings is 1. The van der Waals surface area contributed by atoms with Gasteiger partial charge in [-0.3, -0.25) is 15.1 Å². The zero-order chi connectivity index (χ0) is 25.4. The molecule has 8 nitrogen and oxygen atoms in total. The maximum Gasteiger partial charge on any atom is 0.296 e. The topological polar surface area (TPSA) is 85.5 Å². The van der Waals surface area contributed by atoms with Gasteiger partial charge in [0.15, 0.2) is 5.11 Å². The number of benzene rings is 2. The average Bonchev–Trinajstić information content (AvgIpc) is 3.39. The van der Waals surface area contributed by atoms with Crippen LogP contribution in [0.15, 0.2) is 79.0 Å². The minimum absolute atomic E-state index is 0.0241. The van der Waals surface area contributed by atoms with Crippen molar-refractivity contribution in [2.75, 3.05) is 12.0 Å². The van der Waals surface area contributed by atoms with E-state index >= 15 is 0 Å². The number of hydrogen-bond acceptors (Lipinski definition) is 5. The Kier molecular flexibility index (Phi) is 6.15. The van der Waals surface area contributed by atoms with E-state index in [1.165, 1.54) is 13.2 Å². The molecule has 0 unspecified atom stereocenters. The number of aryl methyl sites for hydroxylation is 1. The highest BCUT2D eigenvalue weighted by Gasteiger charge is 2.42. The number of nitro benzene ring substituents is 1. The summed E-state index contributed by atoms with van der Waals surface area (Å²) >= 11 is 5.81. The van der Waals surface area contributed by atoms with Crippen LogP contribution in [0, 0.1) is 24.0 Å². The predicted molar refractivity (Wildman–Crippen MR) is 143 cm³/mol. The minimum Gasteiger partial charge on any atom is -0.496 e. The number of nitrogens with zero attached hydrogens (tertiary/aromatic N) is 4. The van der Waals surface area contributed by atoms with Crippen molar-refractivity contribution in [3.8, 4) is 11.4 Å².